The number of fused-ring (bicyclic) bond motifs is 1. The monoisotopic (exact) mass is 255 g/mol. The van der Waals surface area contributed by atoms with Crippen molar-refractivity contribution in [2.45, 2.75) is 0 Å². The molecule has 0 bridgehead atoms. The molecule has 1 aromatic carbocycles. The molecule has 5 heteroatoms. The van der Waals surface area contributed by atoms with Gasteiger partial charge < -0.3 is 10.3 Å². The fourth-order valence-corrected chi connectivity index (χ4v) is 1.92. The van der Waals surface area contributed by atoms with Crippen LogP contribution in [0.4, 0.5) is 10.2 Å². The number of hydrogen-bond donors (Lipinski definition) is 2. The first-order valence-corrected chi connectivity index (χ1v) is 5.74. The van der Waals surface area contributed by atoms with Gasteiger partial charge in [0.25, 0.3) is 5.91 Å². The second-order valence-corrected chi connectivity index (χ2v) is 4.05. The average molecular weight is 255 g/mol. The number of amides is 1. The first-order chi connectivity index (χ1) is 9.24. The third-order valence-electron chi connectivity index (χ3n) is 2.79. The number of nitrogens with one attached hydrogen (secondary N) is 2. The Labute approximate surface area is 108 Å². The smallest absolute Gasteiger partial charge is 0.258 e. The van der Waals surface area contributed by atoms with Crippen LogP contribution in [0, 0.1) is 5.95 Å². The molecule has 1 amide bonds. The third kappa shape index (κ3) is 2.18. The molecule has 3 rings (SSSR count). The van der Waals surface area contributed by atoms with Crippen molar-refractivity contribution in [3.05, 3.63) is 60.2 Å². The van der Waals surface area contributed by atoms with E-state index in [0.29, 0.717) is 5.56 Å². The topological polar surface area (TPSA) is 57.8 Å². The molecule has 2 N–H and O–H groups in total. The van der Waals surface area contributed by atoms with Crippen molar-refractivity contribution in [1.82, 2.24) is 9.97 Å². The van der Waals surface area contributed by atoms with Crippen LogP contribution in [0.3, 0.4) is 0 Å². The zero-order valence-electron chi connectivity index (χ0n) is 9.85. The molecule has 94 valence electrons. The number of benzene rings is 1. The molecule has 19 heavy (non-hydrogen) atoms. The summed E-state index contributed by atoms with van der Waals surface area (Å²) in [6, 6.07) is 11.7. The second kappa shape index (κ2) is 4.53. The van der Waals surface area contributed by atoms with E-state index in [4.69, 9.17) is 0 Å². The highest BCUT2D eigenvalue weighted by Gasteiger charge is 2.12. The number of nitrogens with zero attached hydrogens (tertiary/aromatic N) is 1. The van der Waals surface area contributed by atoms with Crippen molar-refractivity contribution in [3.8, 4) is 0 Å². The minimum atomic E-state index is -0.628. The fraction of sp³-hybridized carbons (Fsp3) is 0. The lowest BCUT2D eigenvalue weighted by Crippen LogP contribution is -2.12. The molecule has 3 aromatic rings. The number of H-pyrrole nitrogens is 1. The second-order valence-electron chi connectivity index (χ2n) is 4.05. The number of rotatable bonds is 2. The van der Waals surface area contributed by atoms with Crippen molar-refractivity contribution in [1.29, 1.82) is 0 Å². The van der Waals surface area contributed by atoms with E-state index >= 15 is 0 Å². The molecule has 4 nitrogen and oxygen atoms in total. The summed E-state index contributed by atoms with van der Waals surface area (Å²) in [4.78, 5) is 18.7. The first kappa shape index (κ1) is 11.4. The Balaban J connectivity index is 1.92. The molecule has 2 aromatic heterocycles. The van der Waals surface area contributed by atoms with Gasteiger partial charge in [-0.1, -0.05) is 24.3 Å². The van der Waals surface area contributed by atoms with Gasteiger partial charge in [-0.3, -0.25) is 4.79 Å². The van der Waals surface area contributed by atoms with Gasteiger partial charge in [0, 0.05) is 17.1 Å². The minimum absolute atomic E-state index is 0.190. The number of aromatic nitrogens is 2. The molecule has 0 radical (unpaired) electrons. The molecule has 0 spiro atoms. The molecule has 0 unspecified atom stereocenters. The van der Waals surface area contributed by atoms with Crippen LogP contribution in [0.2, 0.25) is 0 Å². The lowest BCUT2D eigenvalue weighted by atomic mass is 10.1. The summed E-state index contributed by atoms with van der Waals surface area (Å²) < 4.78 is 12.9. The third-order valence-corrected chi connectivity index (χ3v) is 2.79. The van der Waals surface area contributed by atoms with Gasteiger partial charge in [0.2, 0.25) is 5.95 Å². The van der Waals surface area contributed by atoms with Crippen molar-refractivity contribution in [2.75, 3.05) is 5.32 Å². The summed E-state index contributed by atoms with van der Waals surface area (Å²) in [5.74, 6) is -0.762. The summed E-state index contributed by atoms with van der Waals surface area (Å²) in [6.45, 7) is 0. The summed E-state index contributed by atoms with van der Waals surface area (Å²) in [5, 5.41) is 3.38. The van der Waals surface area contributed by atoms with E-state index in [9.17, 15) is 9.18 Å². The molecule has 0 aliphatic carbocycles. The summed E-state index contributed by atoms with van der Waals surface area (Å²) in [7, 11) is 0. The molecule has 0 saturated carbocycles. The maximum Gasteiger partial charge on any atom is 0.258 e. The van der Waals surface area contributed by atoms with E-state index in [2.05, 4.69) is 15.3 Å². The van der Waals surface area contributed by atoms with Crippen LogP contribution in [-0.4, -0.2) is 15.9 Å². The molecule has 0 fully saturated rings. The Morgan fingerprint density at radius 2 is 2.00 bits per heavy atom. The van der Waals surface area contributed by atoms with E-state index in [1.807, 2.05) is 24.3 Å². The highest BCUT2D eigenvalue weighted by molar-refractivity contribution is 6.12. The highest BCUT2D eigenvalue weighted by Crippen LogP contribution is 2.18. The summed E-state index contributed by atoms with van der Waals surface area (Å²) in [6.07, 6.45) is 1.62. The SMILES string of the molecule is O=C(Nc1cccc(F)n1)c1c[nH]c2ccccc12. The summed E-state index contributed by atoms with van der Waals surface area (Å²) in [5.41, 5.74) is 1.38. The van der Waals surface area contributed by atoms with Gasteiger partial charge >= 0.3 is 0 Å². The maximum absolute atomic E-state index is 12.9. The number of anilines is 1. The van der Waals surface area contributed by atoms with Crippen LogP contribution in [0.5, 0.6) is 0 Å². The van der Waals surface area contributed by atoms with Gasteiger partial charge in [-0.15, -0.1) is 0 Å². The number of carbonyl (C=O) groups is 1. The lowest BCUT2D eigenvalue weighted by Gasteiger charge is -2.03. The van der Waals surface area contributed by atoms with Gasteiger partial charge in [0.1, 0.15) is 5.82 Å². The van der Waals surface area contributed by atoms with Crippen LogP contribution in [-0.2, 0) is 0 Å². The molecular weight excluding hydrogens is 245 g/mol. The standard InChI is InChI=1S/C14H10FN3O/c15-12-6-3-7-13(17-12)18-14(19)10-8-16-11-5-2-1-4-9(10)11/h1-8,16H,(H,17,18,19). The van der Waals surface area contributed by atoms with Crippen molar-refractivity contribution >= 4 is 22.6 Å². The van der Waals surface area contributed by atoms with Gasteiger partial charge in [0.05, 0.1) is 5.56 Å². The van der Waals surface area contributed by atoms with E-state index in [-0.39, 0.29) is 11.7 Å². The number of para-hydroxylation sites is 1. The van der Waals surface area contributed by atoms with E-state index < -0.39 is 5.95 Å². The summed E-state index contributed by atoms with van der Waals surface area (Å²) >= 11 is 0. The lowest BCUT2D eigenvalue weighted by molar-refractivity contribution is 0.102. The zero-order valence-corrected chi connectivity index (χ0v) is 9.85. The predicted molar refractivity (Wildman–Crippen MR) is 70.4 cm³/mol. The highest BCUT2D eigenvalue weighted by atomic mass is 19.1. The number of halogens is 1. The van der Waals surface area contributed by atoms with Crippen molar-refractivity contribution in [3.63, 3.8) is 0 Å². The molecule has 2 heterocycles. The quantitative estimate of drug-likeness (QED) is 0.692. The normalized spacial score (nSPS) is 10.6. The largest absolute Gasteiger partial charge is 0.360 e. The number of aromatic amines is 1. The number of pyridine rings is 1. The molecule has 0 aliphatic rings. The van der Waals surface area contributed by atoms with Gasteiger partial charge in [-0.05, 0) is 18.2 Å². The Morgan fingerprint density at radius 3 is 2.84 bits per heavy atom. The average Bonchev–Trinajstić information content (AvgIpc) is 2.82. The van der Waals surface area contributed by atoms with Crippen molar-refractivity contribution in [2.24, 2.45) is 0 Å². The van der Waals surface area contributed by atoms with E-state index in [0.717, 1.165) is 10.9 Å². The minimum Gasteiger partial charge on any atom is -0.360 e. The van der Waals surface area contributed by atoms with Gasteiger partial charge in [-0.25, -0.2) is 4.98 Å². The zero-order chi connectivity index (χ0) is 13.2. The Kier molecular flexibility index (Phi) is 2.72. The van der Waals surface area contributed by atoms with E-state index in [1.165, 1.54) is 18.2 Å². The number of carbonyl (C=O) groups excluding carboxylic acids is 1. The Morgan fingerprint density at radius 1 is 1.16 bits per heavy atom. The van der Waals surface area contributed by atoms with Gasteiger partial charge in [0.15, 0.2) is 0 Å². The molecule has 0 aliphatic heterocycles. The maximum atomic E-state index is 12.9. The van der Waals surface area contributed by atoms with Gasteiger partial charge in [-0.2, -0.15) is 4.39 Å². The van der Waals surface area contributed by atoms with Crippen molar-refractivity contribution < 1.29 is 9.18 Å². The first-order valence-electron chi connectivity index (χ1n) is 5.74. The fourth-order valence-electron chi connectivity index (χ4n) is 1.92. The predicted octanol–water partition coefficient (Wildman–Crippen LogP) is 2.95. The van der Waals surface area contributed by atoms with E-state index in [1.54, 1.807) is 6.20 Å². The number of hydrogen-bond acceptors (Lipinski definition) is 2. The molecular formula is C14H10FN3O. The van der Waals surface area contributed by atoms with Crippen LogP contribution < -0.4 is 5.32 Å². The van der Waals surface area contributed by atoms with Crippen LogP contribution in [0.15, 0.2) is 48.7 Å². The van der Waals surface area contributed by atoms with Crippen LogP contribution in [0.25, 0.3) is 10.9 Å². The van der Waals surface area contributed by atoms with Crippen LogP contribution >= 0.6 is 0 Å². The van der Waals surface area contributed by atoms with Crippen LogP contribution in [0.1, 0.15) is 10.4 Å². The Bertz CT molecular complexity index is 751. The molecule has 0 atom stereocenters. The Hall–Kier alpha value is -2.69. The molecule has 0 saturated heterocycles.